The van der Waals surface area contributed by atoms with Gasteiger partial charge in [0.2, 0.25) is 0 Å². The first kappa shape index (κ1) is 17.7. The summed E-state index contributed by atoms with van der Waals surface area (Å²) in [4.78, 5) is 0. The van der Waals surface area contributed by atoms with Gasteiger partial charge in [0, 0.05) is 17.3 Å². The van der Waals surface area contributed by atoms with Crippen LogP contribution in [0.3, 0.4) is 0 Å². The molecule has 132 valence electrons. The Kier molecular flexibility index (Phi) is 4.94. The van der Waals surface area contributed by atoms with Crippen molar-refractivity contribution >= 4 is 21.4 Å². The zero-order valence-corrected chi connectivity index (χ0v) is 15.8. The van der Waals surface area contributed by atoms with Gasteiger partial charge in [-0.05, 0) is 49.6 Å². The molecule has 0 radical (unpaired) electrons. The predicted molar refractivity (Wildman–Crippen MR) is 97.9 cm³/mol. The van der Waals surface area contributed by atoms with E-state index in [0.29, 0.717) is 4.21 Å². The molecule has 0 aliphatic carbocycles. The van der Waals surface area contributed by atoms with Gasteiger partial charge in [0.25, 0.3) is 10.0 Å². The highest BCUT2D eigenvalue weighted by Gasteiger charge is 2.22. The van der Waals surface area contributed by atoms with Gasteiger partial charge in [-0.25, -0.2) is 17.8 Å². The van der Waals surface area contributed by atoms with E-state index in [1.807, 2.05) is 38.1 Å². The lowest BCUT2D eigenvalue weighted by Gasteiger charge is -2.14. The van der Waals surface area contributed by atoms with Crippen molar-refractivity contribution in [3.05, 3.63) is 59.2 Å². The molecule has 6 nitrogen and oxygen atoms in total. The number of hydrogen-bond acceptors (Lipinski definition) is 5. The number of methoxy groups -OCH3 is 1. The van der Waals surface area contributed by atoms with Crippen molar-refractivity contribution in [2.75, 3.05) is 7.11 Å². The van der Waals surface area contributed by atoms with Crippen LogP contribution in [-0.2, 0) is 10.0 Å². The lowest BCUT2D eigenvalue weighted by molar-refractivity contribution is 0.414. The molecule has 0 fully saturated rings. The fourth-order valence-corrected chi connectivity index (χ4v) is 4.83. The third-order valence-corrected chi connectivity index (χ3v) is 6.86. The molecule has 0 aliphatic heterocycles. The zero-order chi connectivity index (χ0) is 18.0. The van der Waals surface area contributed by atoms with Crippen LogP contribution in [0.15, 0.2) is 52.2 Å². The van der Waals surface area contributed by atoms with Crippen molar-refractivity contribution in [3.8, 4) is 11.4 Å². The van der Waals surface area contributed by atoms with E-state index >= 15 is 0 Å². The van der Waals surface area contributed by atoms with E-state index in [1.165, 1.54) is 11.3 Å². The molecule has 2 aromatic heterocycles. The van der Waals surface area contributed by atoms with Gasteiger partial charge in [-0.15, -0.1) is 11.3 Å². The number of benzene rings is 1. The molecular formula is C17H19N3O3S2. The molecular weight excluding hydrogens is 358 g/mol. The van der Waals surface area contributed by atoms with E-state index in [1.54, 1.807) is 35.5 Å². The van der Waals surface area contributed by atoms with Gasteiger partial charge in [0.1, 0.15) is 9.96 Å². The number of aromatic nitrogens is 2. The zero-order valence-electron chi connectivity index (χ0n) is 14.1. The third-order valence-electron chi connectivity index (χ3n) is 3.92. The van der Waals surface area contributed by atoms with Crippen LogP contribution in [-0.4, -0.2) is 25.3 Å². The second-order valence-corrected chi connectivity index (χ2v) is 8.46. The molecule has 2 heterocycles. The molecule has 1 atom stereocenters. The fourth-order valence-electron chi connectivity index (χ4n) is 2.60. The summed E-state index contributed by atoms with van der Waals surface area (Å²) in [6.07, 6.45) is 1.70. The number of thiophene rings is 1. The number of nitrogens with one attached hydrogen (secondary N) is 1. The van der Waals surface area contributed by atoms with Crippen LogP contribution >= 0.6 is 11.3 Å². The van der Waals surface area contributed by atoms with E-state index < -0.39 is 10.0 Å². The second-order valence-electron chi connectivity index (χ2n) is 5.57. The Bertz CT molecular complexity index is 946. The number of hydrogen-bond donors (Lipinski definition) is 1. The molecule has 1 N–H and O–H groups in total. The predicted octanol–water partition coefficient (Wildman–Crippen LogP) is 3.29. The van der Waals surface area contributed by atoms with Crippen LogP contribution in [0, 0.1) is 6.92 Å². The highest BCUT2D eigenvalue weighted by atomic mass is 32.2. The summed E-state index contributed by atoms with van der Waals surface area (Å²) in [6.45, 7) is 3.73. The summed E-state index contributed by atoms with van der Waals surface area (Å²) in [7, 11) is -1.91. The van der Waals surface area contributed by atoms with Crippen molar-refractivity contribution < 1.29 is 13.2 Å². The average Bonchev–Trinajstić information content (AvgIpc) is 3.24. The molecule has 0 amide bonds. The maximum atomic E-state index is 12.4. The molecule has 1 aromatic carbocycles. The van der Waals surface area contributed by atoms with Gasteiger partial charge in [0.15, 0.2) is 0 Å². The molecule has 3 aromatic rings. The van der Waals surface area contributed by atoms with Crippen molar-refractivity contribution in [2.24, 2.45) is 0 Å². The highest BCUT2D eigenvalue weighted by Crippen LogP contribution is 2.24. The molecule has 0 saturated heterocycles. The number of sulfonamides is 1. The second kappa shape index (κ2) is 6.99. The summed E-state index contributed by atoms with van der Waals surface area (Å²) in [6, 6.07) is 10.5. The minimum Gasteiger partial charge on any atom is -0.497 e. The lowest BCUT2D eigenvalue weighted by Crippen LogP contribution is -2.26. The first-order chi connectivity index (χ1) is 11.9. The van der Waals surface area contributed by atoms with Gasteiger partial charge >= 0.3 is 0 Å². The summed E-state index contributed by atoms with van der Waals surface area (Å²) >= 11 is 1.19. The Labute approximate surface area is 151 Å². The molecule has 0 bridgehead atoms. The Hall–Kier alpha value is -2.16. The van der Waals surface area contributed by atoms with Gasteiger partial charge < -0.3 is 4.74 Å². The average molecular weight is 377 g/mol. The Balaban J connectivity index is 1.85. The van der Waals surface area contributed by atoms with Crippen molar-refractivity contribution in [1.82, 2.24) is 14.5 Å². The number of rotatable bonds is 6. The molecule has 0 spiro atoms. The number of ether oxygens (including phenoxy) is 1. The smallest absolute Gasteiger partial charge is 0.250 e. The quantitative estimate of drug-likeness (QED) is 0.715. The van der Waals surface area contributed by atoms with Crippen LogP contribution in [0.5, 0.6) is 5.75 Å². The maximum absolute atomic E-state index is 12.4. The molecule has 1 unspecified atom stereocenters. The van der Waals surface area contributed by atoms with E-state index in [-0.39, 0.29) is 6.04 Å². The van der Waals surface area contributed by atoms with E-state index in [2.05, 4.69) is 9.82 Å². The van der Waals surface area contributed by atoms with Crippen LogP contribution in [0.4, 0.5) is 0 Å². The number of nitrogens with zero attached hydrogens (tertiary/aromatic N) is 2. The van der Waals surface area contributed by atoms with Gasteiger partial charge in [0.05, 0.1) is 19.0 Å². The van der Waals surface area contributed by atoms with Gasteiger partial charge in [-0.2, -0.15) is 5.10 Å². The summed E-state index contributed by atoms with van der Waals surface area (Å²) < 4.78 is 34.7. The van der Waals surface area contributed by atoms with Gasteiger partial charge in [-0.3, -0.25) is 0 Å². The minimum atomic E-state index is -3.53. The fraction of sp³-hybridized carbons (Fsp3) is 0.235. The standard InChI is InChI=1S/C17H19N3O3S2/c1-12(19-25(21,22)17-5-4-10-24-17)16-11-18-20(13(16)2)14-6-8-15(23-3)9-7-14/h4-12,19H,1-3H3. The van der Waals surface area contributed by atoms with E-state index in [4.69, 9.17) is 4.74 Å². The molecule has 25 heavy (non-hydrogen) atoms. The van der Waals surface area contributed by atoms with Crippen molar-refractivity contribution in [3.63, 3.8) is 0 Å². The highest BCUT2D eigenvalue weighted by molar-refractivity contribution is 7.91. The normalized spacial score (nSPS) is 12.9. The third kappa shape index (κ3) is 3.60. The van der Waals surface area contributed by atoms with E-state index in [0.717, 1.165) is 22.7 Å². The Morgan fingerprint density at radius 2 is 1.96 bits per heavy atom. The molecule has 0 aliphatic rings. The van der Waals surface area contributed by atoms with Crippen LogP contribution in [0.1, 0.15) is 24.2 Å². The van der Waals surface area contributed by atoms with Crippen LogP contribution in [0.2, 0.25) is 0 Å². The van der Waals surface area contributed by atoms with Crippen molar-refractivity contribution in [1.29, 1.82) is 0 Å². The molecule has 8 heteroatoms. The van der Waals surface area contributed by atoms with Crippen LogP contribution in [0.25, 0.3) is 5.69 Å². The van der Waals surface area contributed by atoms with Crippen LogP contribution < -0.4 is 9.46 Å². The Morgan fingerprint density at radius 3 is 2.56 bits per heavy atom. The van der Waals surface area contributed by atoms with Gasteiger partial charge in [-0.1, -0.05) is 6.07 Å². The monoisotopic (exact) mass is 377 g/mol. The topological polar surface area (TPSA) is 73.2 Å². The maximum Gasteiger partial charge on any atom is 0.250 e. The Morgan fingerprint density at radius 1 is 1.24 bits per heavy atom. The van der Waals surface area contributed by atoms with Crippen molar-refractivity contribution in [2.45, 2.75) is 24.1 Å². The first-order valence-corrected chi connectivity index (χ1v) is 10.0. The van der Waals surface area contributed by atoms with E-state index in [9.17, 15) is 8.42 Å². The first-order valence-electron chi connectivity index (χ1n) is 7.67. The SMILES string of the molecule is COc1ccc(-n2ncc(C(C)NS(=O)(=O)c3cccs3)c2C)cc1. The summed E-state index contributed by atoms with van der Waals surface area (Å²) in [5, 5.41) is 6.14. The lowest BCUT2D eigenvalue weighted by atomic mass is 10.1. The molecule has 3 rings (SSSR count). The largest absolute Gasteiger partial charge is 0.497 e. The molecule has 0 saturated carbocycles. The summed E-state index contributed by atoms with van der Waals surface area (Å²) in [5.74, 6) is 0.769. The summed E-state index contributed by atoms with van der Waals surface area (Å²) in [5.41, 5.74) is 2.60. The minimum absolute atomic E-state index is 0.305.